The second-order valence-corrected chi connectivity index (χ2v) is 4.67. The largest absolute Gasteiger partial charge is 0.386 e. The Labute approximate surface area is 99.2 Å². The average Bonchev–Trinajstić information content (AvgIpc) is 2.69. The molecule has 0 amide bonds. The highest BCUT2D eigenvalue weighted by atomic mass is 19.1. The Kier molecular flexibility index (Phi) is 3.45. The molecule has 1 N–H and O–H groups in total. The fourth-order valence-electron chi connectivity index (χ4n) is 2.20. The van der Waals surface area contributed by atoms with E-state index in [0.29, 0.717) is 12.2 Å². The molecule has 1 aliphatic rings. The zero-order chi connectivity index (χ0) is 12.6. The standard InChI is InChI=1S/C13H16F2O2/c1-7-3-4-17-13(7)12(16)9-5-8(2)10(14)6-11(9)15/h5-7,12-13,16H,3-4H2,1-2H3. The topological polar surface area (TPSA) is 29.5 Å². The zero-order valence-electron chi connectivity index (χ0n) is 9.91. The first-order chi connectivity index (χ1) is 8.00. The molecule has 0 spiro atoms. The van der Waals surface area contributed by atoms with E-state index in [9.17, 15) is 13.9 Å². The third kappa shape index (κ3) is 2.33. The van der Waals surface area contributed by atoms with Crippen molar-refractivity contribution in [1.82, 2.24) is 0 Å². The first-order valence-corrected chi connectivity index (χ1v) is 5.76. The van der Waals surface area contributed by atoms with Gasteiger partial charge in [0.25, 0.3) is 0 Å². The third-order valence-corrected chi connectivity index (χ3v) is 3.35. The fourth-order valence-corrected chi connectivity index (χ4v) is 2.20. The molecule has 94 valence electrons. The molecule has 2 rings (SSSR count). The predicted molar refractivity (Wildman–Crippen MR) is 59.6 cm³/mol. The molecule has 1 aromatic carbocycles. The minimum Gasteiger partial charge on any atom is -0.386 e. The van der Waals surface area contributed by atoms with E-state index in [4.69, 9.17) is 4.74 Å². The molecule has 1 aromatic rings. The van der Waals surface area contributed by atoms with Gasteiger partial charge in [0.1, 0.15) is 17.7 Å². The van der Waals surface area contributed by atoms with E-state index in [1.165, 1.54) is 6.07 Å². The summed E-state index contributed by atoms with van der Waals surface area (Å²) in [4.78, 5) is 0. The lowest BCUT2D eigenvalue weighted by molar-refractivity contribution is -0.0194. The number of hydrogen-bond donors (Lipinski definition) is 1. The van der Waals surface area contributed by atoms with E-state index >= 15 is 0 Å². The number of ether oxygens (including phenoxy) is 1. The molecular formula is C13H16F2O2. The van der Waals surface area contributed by atoms with Crippen LogP contribution in [0.4, 0.5) is 8.78 Å². The molecule has 1 aliphatic heterocycles. The van der Waals surface area contributed by atoms with Gasteiger partial charge in [-0.25, -0.2) is 8.78 Å². The predicted octanol–water partition coefficient (Wildman–Crippen LogP) is 2.73. The molecule has 0 saturated carbocycles. The Morgan fingerprint density at radius 3 is 2.65 bits per heavy atom. The van der Waals surface area contributed by atoms with Crippen LogP contribution in [0.1, 0.15) is 30.6 Å². The summed E-state index contributed by atoms with van der Waals surface area (Å²) in [6.07, 6.45) is -0.593. The van der Waals surface area contributed by atoms with E-state index in [0.717, 1.165) is 12.5 Å². The van der Waals surface area contributed by atoms with Gasteiger partial charge in [0.05, 0.1) is 6.10 Å². The van der Waals surface area contributed by atoms with Crippen LogP contribution >= 0.6 is 0 Å². The van der Waals surface area contributed by atoms with Gasteiger partial charge < -0.3 is 9.84 Å². The van der Waals surface area contributed by atoms with Crippen LogP contribution < -0.4 is 0 Å². The molecular weight excluding hydrogens is 226 g/mol. The van der Waals surface area contributed by atoms with Crippen LogP contribution in [0, 0.1) is 24.5 Å². The van der Waals surface area contributed by atoms with Crippen LogP contribution in [0.3, 0.4) is 0 Å². The van der Waals surface area contributed by atoms with Crippen molar-refractivity contribution >= 4 is 0 Å². The lowest BCUT2D eigenvalue weighted by Gasteiger charge is -2.22. The normalized spacial score (nSPS) is 26.2. The van der Waals surface area contributed by atoms with Crippen molar-refractivity contribution in [2.75, 3.05) is 6.61 Å². The lowest BCUT2D eigenvalue weighted by atomic mass is 9.93. The quantitative estimate of drug-likeness (QED) is 0.864. The van der Waals surface area contributed by atoms with Crippen molar-refractivity contribution in [1.29, 1.82) is 0 Å². The molecule has 3 unspecified atom stereocenters. The number of rotatable bonds is 2. The highest BCUT2D eigenvalue weighted by Crippen LogP contribution is 2.33. The molecule has 0 aromatic heterocycles. The van der Waals surface area contributed by atoms with Gasteiger partial charge >= 0.3 is 0 Å². The van der Waals surface area contributed by atoms with E-state index in [-0.39, 0.29) is 11.5 Å². The molecule has 0 bridgehead atoms. The van der Waals surface area contributed by atoms with Gasteiger partial charge in [0.15, 0.2) is 0 Å². The van der Waals surface area contributed by atoms with Crippen LogP contribution in [0.25, 0.3) is 0 Å². The fraction of sp³-hybridized carbons (Fsp3) is 0.538. The summed E-state index contributed by atoms with van der Waals surface area (Å²) in [6, 6.07) is 2.16. The van der Waals surface area contributed by atoms with Gasteiger partial charge in [0, 0.05) is 18.2 Å². The Morgan fingerprint density at radius 2 is 2.06 bits per heavy atom. The van der Waals surface area contributed by atoms with E-state index in [1.54, 1.807) is 6.92 Å². The third-order valence-electron chi connectivity index (χ3n) is 3.35. The maximum Gasteiger partial charge on any atom is 0.132 e. The molecule has 3 atom stereocenters. The summed E-state index contributed by atoms with van der Waals surface area (Å²) >= 11 is 0. The Bertz CT molecular complexity index is 420. The number of hydrogen-bond acceptors (Lipinski definition) is 2. The summed E-state index contributed by atoms with van der Waals surface area (Å²) in [5, 5.41) is 10.1. The number of aliphatic hydroxyl groups excluding tert-OH is 1. The van der Waals surface area contributed by atoms with Crippen LogP contribution in [0.2, 0.25) is 0 Å². The lowest BCUT2D eigenvalue weighted by Crippen LogP contribution is -2.24. The van der Waals surface area contributed by atoms with Crippen molar-refractivity contribution < 1.29 is 18.6 Å². The molecule has 1 saturated heterocycles. The molecule has 1 fully saturated rings. The Hall–Kier alpha value is -1.00. The van der Waals surface area contributed by atoms with Crippen molar-refractivity contribution in [3.05, 3.63) is 34.9 Å². The highest BCUT2D eigenvalue weighted by Gasteiger charge is 2.33. The summed E-state index contributed by atoms with van der Waals surface area (Å²) in [6.45, 7) is 4.07. The van der Waals surface area contributed by atoms with Gasteiger partial charge in [-0.3, -0.25) is 0 Å². The number of aliphatic hydroxyl groups is 1. The SMILES string of the molecule is Cc1cc(C(O)C2OCCC2C)c(F)cc1F. The maximum atomic E-state index is 13.6. The van der Waals surface area contributed by atoms with Gasteiger partial charge in [0.2, 0.25) is 0 Å². The average molecular weight is 242 g/mol. The first kappa shape index (κ1) is 12.5. The monoisotopic (exact) mass is 242 g/mol. The molecule has 0 aliphatic carbocycles. The number of halogens is 2. The van der Waals surface area contributed by atoms with Crippen LogP contribution in [0.15, 0.2) is 12.1 Å². The number of benzene rings is 1. The Balaban J connectivity index is 2.30. The van der Waals surface area contributed by atoms with Crippen LogP contribution in [-0.4, -0.2) is 17.8 Å². The van der Waals surface area contributed by atoms with Crippen molar-refractivity contribution in [3.8, 4) is 0 Å². The summed E-state index contributed by atoms with van der Waals surface area (Å²) in [7, 11) is 0. The van der Waals surface area contributed by atoms with E-state index in [1.807, 2.05) is 6.92 Å². The van der Waals surface area contributed by atoms with E-state index in [2.05, 4.69) is 0 Å². The summed E-state index contributed by atoms with van der Waals surface area (Å²) in [5.41, 5.74) is 0.439. The van der Waals surface area contributed by atoms with Gasteiger partial charge in [-0.15, -0.1) is 0 Å². The molecule has 4 heteroatoms. The highest BCUT2D eigenvalue weighted by molar-refractivity contribution is 5.28. The van der Waals surface area contributed by atoms with Crippen molar-refractivity contribution in [3.63, 3.8) is 0 Å². The smallest absolute Gasteiger partial charge is 0.132 e. The molecule has 1 heterocycles. The maximum absolute atomic E-state index is 13.6. The zero-order valence-corrected chi connectivity index (χ0v) is 9.91. The molecule has 17 heavy (non-hydrogen) atoms. The minimum atomic E-state index is -1.04. The Morgan fingerprint density at radius 1 is 1.35 bits per heavy atom. The summed E-state index contributed by atoms with van der Waals surface area (Å²) < 4.78 is 32.1. The van der Waals surface area contributed by atoms with Gasteiger partial charge in [-0.05, 0) is 30.9 Å². The second kappa shape index (κ2) is 4.70. The van der Waals surface area contributed by atoms with Crippen LogP contribution in [0.5, 0.6) is 0 Å². The summed E-state index contributed by atoms with van der Waals surface area (Å²) in [5.74, 6) is -1.14. The number of aryl methyl sites for hydroxylation is 1. The van der Waals surface area contributed by atoms with Gasteiger partial charge in [-0.1, -0.05) is 6.92 Å². The molecule has 2 nitrogen and oxygen atoms in total. The molecule has 0 radical (unpaired) electrons. The second-order valence-electron chi connectivity index (χ2n) is 4.67. The van der Waals surface area contributed by atoms with Gasteiger partial charge in [-0.2, -0.15) is 0 Å². The van der Waals surface area contributed by atoms with Crippen LogP contribution in [-0.2, 0) is 4.74 Å². The first-order valence-electron chi connectivity index (χ1n) is 5.76. The minimum absolute atomic E-state index is 0.114. The van der Waals surface area contributed by atoms with E-state index < -0.39 is 23.8 Å². The van der Waals surface area contributed by atoms with Crippen molar-refractivity contribution in [2.45, 2.75) is 32.5 Å². The van der Waals surface area contributed by atoms with Crippen molar-refractivity contribution in [2.24, 2.45) is 5.92 Å².